The lowest BCUT2D eigenvalue weighted by molar-refractivity contribution is -1.02. The summed E-state index contributed by atoms with van der Waals surface area (Å²) in [6.07, 6.45) is 17.9. The number of hydrogen-bond donors (Lipinski definition) is 2. The predicted molar refractivity (Wildman–Crippen MR) is 114 cm³/mol. The molecule has 2 atom stereocenters. The molecule has 0 spiro atoms. The fourth-order valence-corrected chi connectivity index (χ4v) is 4.39. The van der Waals surface area contributed by atoms with Gasteiger partial charge in [0, 0.05) is 13.8 Å². The highest BCUT2D eigenvalue weighted by Crippen LogP contribution is 2.24. The highest BCUT2D eigenvalue weighted by molar-refractivity contribution is 4.54. The Balaban J connectivity index is 3.63. The lowest BCUT2D eigenvalue weighted by Crippen LogP contribution is -2.64. The van der Waals surface area contributed by atoms with Gasteiger partial charge in [0.25, 0.3) is 0 Å². The van der Waals surface area contributed by atoms with Crippen LogP contribution in [0.15, 0.2) is 0 Å². The number of aliphatic hydroxyl groups is 2. The van der Waals surface area contributed by atoms with Gasteiger partial charge in [0.15, 0.2) is 12.5 Å². The lowest BCUT2D eigenvalue weighted by Gasteiger charge is -2.46. The van der Waals surface area contributed by atoms with Crippen molar-refractivity contribution in [1.82, 2.24) is 0 Å². The third kappa shape index (κ3) is 10.3. The highest BCUT2D eigenvalue weighted by atomic mass is 16.3. The van der Waals surface area contributed by atoms with Crippen molar-refractivity contribution in [1.29, 1.82) is 0 Å². The van der Waals surface area contributed by atoms with E-state index in [2.05, 4.69) is 20.8 Å². The molecule has 0 aromatic rings. The molecule has 0 aliphatic rings. The minimum Gasteiger partial charge on any atom is -0.345 e. The average Bonchev–Trinajstić information content (AvgIpc) is 2.57. The van der Waals surface area contributed by atoms with Crippen LogP contribution in [0.2, 0.25) is 0 Å². The molecule has 0 fully saturated rings. The largest absolute Gasteiger partial charge is 0.345 e. The van der Waals surface area contributed by atoms with Gasteiger partial charge in [-0.2, -0.15) is 0 Å². The minimum absolute atomic E-state index is 0.233. The predicted octanol–water partition coefficient (Wildman–Crippen LogP) is 6.37. The summed E-state index contributed by atoms with van der Waals surface area (Å²) in [6.45, 7) is 11.0. The van der Waals surface area contributed by atoms with Gasteiger partial charge in [0.1, 0.15) is 0 Å². The Labute approximate surface area is 164 Å². The van der Waals surface area contributed by atoms with E-state index in [1.54, 1.807) is 0 Å². The minimum atomic E-state index is -0.517. The second-order valence-electron chi connectivity index (χ2n) is 8.67. The molecule has 3 nitrogen and oxygen atoms in total. The van der Waals surface area contributed by atoms with Crippen LogP contribution in [0.25, 0.3) is 0 Å². The van der Waals surface area contributed by atoms with Crippen LogP contribution >= 0.6 is 0 Å². The molecule has 0 saturated carbocycles. The monoisotopic (exact) mass is 372 g/mol. The van der Waals surface area contributed by atoms with Crippen molar-refractivity contribution in [2.24, 2.45) is 0 Å². The zero-order valence-corrected chi connectivity index (χ0v) is 18.7. The van der Waals surface area contributed by atoms with Crippen molar-refractivity contribution in [2.75, 3.05) is 6.54 Å². The Hall–Kier alpha value is -0.120. The fourth-order valence-electron chi connectivity index (χ4n) is 4.39. The van der Waals surface area contributed by atoms with Crippen LogP contribution in [0.4, 0.5) is 0 Å². The van der Waals surface area contributed by atoms with Crippen molar-refractivity contribution in [3.05, 3.63) is 0 Å². The smallest absolute Gasteiger partial charge is 0.189 e. The van der Waals surface area contributed by atoms with E-state index in [-0.39, 0.29) is 6.04 Å². The van der Waals surface area contributed by atoms with Gasteiger partial charge in [-0.3, -0.25) is 4.48 Å². The van der Waals surface area contributed by atoms with Gasteiger partial charge >= 0.3 is 0 Å². The molecule has 0 rings (SSSR count). The lowest BCUT2D eigenvalue weighted by atomic mass is 10.0. The van der Waals surface area contributed by atoms with Gasteiger partial charge < -0.3 is 10.2 Å². The van der Waals surface area contributed by atoms with Crippen molar-refractivity contribution >= 4 is 0 Å². The summed E-state index contributed by atoms with van der Waals surface area (Å²) in [5.41, 5.74) is 0. The molecule has 0 aromatic heterocycles. The SMILES string of the molecule is CCCCCCCCCCCCCCCC[N+](C(C)C)(C(C)O)C(C)O. The van der Waals surface area contributed by atoms with Crippen molar-refractivity contribution in [3.63, 3.8) is 0 Å². The van der Waals surface area contributed by atoms with Crippen molar-refractivity contribution < 1.29 is 14.7 Å². The number of quaternary nitrogens is 1. The van der Waals surface area contributed by atoms with E-state index < -0.39 is 12.5 Å². The van der Waals surface area contributed by atoms with E-state index in [0.717, 1.165) is 13.0 Å². The molecular formula is C23H50NO2+. The highest BCUT2D eigenvalue weighted by Gasteiger charge is 2.40. The summed E-state index contributed by atoms with van der Waals surface area (Å²) in [6, 6.07) is 0.233. The average molecular weight is 373 g/mol. The van der Waals surface area contributed by atoms with Gasteiger partial charge in [-0.15, -0.1) is 0 Å². The van der Waals surface area contributed by atoms with E-state index >= 15 is 0 Å². The molecule has 0 bridgehead atoms. The first-order valence-electron chi connectivity index (χ1n) is 11.6. The molecule has 2 N–H and O–H groups in total. The van der Waals surface area contributed by atoms with E-state index in [9.17, 15) is 10.2 Å². The zero-order valence-electron chi connectivity index (χ0n) is 18.7. The first-order chi connectivity index (χ1) is 12.4. The third-order valence-electron chi connectivity index (χ3n) is 6.25. The second kappa shape index (κ2) is 15.9. The first kappa shape index (κ1) is 25.9. The summed E-state index contributed by atoms with van der Waals surface area (Å²) in [4.78, 5) is 0. The van der Waals surface area contributed by atoms with Crippen LogP contribution in [0, 0.1) is 0 Å². The summed E-state index contributed by atoms with van der Waals surface area (Å²) in [5, 5.41) is 20.4. The number of nitrogens with zero attached hydrogens (tertiary/aromatic N) is 1. The van der Waals surface area contributed by atoms with Crippen LogP contribution in [-0.4, -0.2) is 39.7 Å². The van der Waals surface area contributed by atoms with Crippen molar-refractivity contribution in [2.45, 2.75) is 143 Å². The standard InChI is InChI=1S/C23H50NO2/c1-6-7-8-9-10-11-12-13-14-15-16-17-18-19-20-24(21(2)3,22(4)25)23(5)26/h21-23,25-26H,6-20H2,1-5H3/q+1. The Kier molecular flexibility index (Phi) is 15.8. The summed E-state index contributed by atoms with van der Waals surface area (Å²) in [7, 11) is 0. The molecule has 0 amide bonds. The zero-order chi connectivity index (χ0) is 19.8. The molecule has 0 saturated heterocycles. The van der Waals surface area contributed by atoms with E-state index in [4.69, 9.17) is 0 Å². The van der Waals surface area contributed by atoms with Crippen LogP contribution in [0.1, 0.15) is 125 Å². The fraction of sp³-hybridized carbons (Fsp3) is 1.00. The quantitative estimate of drug-likeness (QED) is 0.167. The van der Waals surface area contributed by atoms with Gasteiger partial charge in [0.2, 0.25) is 0 Å². The summed E-state index contributed by atoms with van der Waals surface area (Å²) < 4.78 is 0.401. The van der Waals surface area contributed by atoms with Gasteiger partial charge in [0.05, 0.1) is 12.6 Å². The number of aliphatic hydroxyl groups excluding tert-OH is 2. The van der Waals surface area contributed by atoms with Crippen LogP contribution in [0.3, 0.4) is 0 Å². The van der Waals surface area contributed by atoms with Gasteiger partial charge in [-0.1, -0.05) is 84.0 Å². The molecule has 158 valence electrons. The number of rotatable bonds is 18. The van der Waals surface area contributed by atoms with Gasteiger partial charge in [-0.05, 0) is 26.7 Å². The second-order valence-corrected chi connectivity index (χ2v) is 8.67. The maximum absolute atomic E-state index is 10.2. The molecule has 0 aromatic carbocycles. The maximum Gasteiger partial charge on any atom is 0.189 e. The molecule has 0 heterocycles. The van der Waals surface area contributed by atoms with Crippen LogP contribution < -0.4 is 0 Å². The Morgan fingerprint density at radius 1 is 0.538 bits per heavy atom. The molecule has 26 heavy (non-hydrogen) atoms. The molecule has 0 aliphatic carbocycles. The summed E-state index contributed by atoms with van der Waals surface area (Å²) in [5.74, 6) is 0. The number of unbranched alkanes of at least 4 members (excludes halogenated alkanes) is 13. The molecular weight excluding hydrogens is 322 g/mol. The Morgan fingerprint density at radius 3 is 1.12 bits per heavy atom. The first-order valence-corrected chi connectivity index (χ1v) is 11.6. The maximum atomic E-state index is 10.2. The molecule has 3 heteroatoms. The topological polar surface area (TPSA) is 40.5 Å². The van der Waals surface area contributed by atoms with E-state index in [0.29, 0.717) is 4.48 Å². The third-order valence-corrected chi connectivity index (χ3v) is 6.25. The van der Waals surface area contributed by atoms with Crippen molar-refractivity contribution in [3.8, 4) is 0 Å². The molecule has 0 radical (unpaired) electrons. The summed E-state index contributed by atoms with van der Waals surface area (Å²) >= 11 is 0. The van der Waals surface area contributed by atoms with E-state index in [1.807, 2.05) is 13.8 Å². The van der Waals surface area contributed by atoms with Crippen LogP contribution in [-0.2, 0) is 0 Å². The molecule has 2 unspecified atom stereocenters. The Bertz CT molecular complexity index is 281. The molecule has 0 aliphatic heterocycles. The number of hydrogen-bond acceptors (Lipinski definition) is 2. The van der Waals surface area contributed by atoms with E-state index in [1.165, 1.54) is 83.5 Å². The van der Waals surface area contributed by atoms with Gasteiger partial charge in [-0.25, -0.2) is 0 Å². The normalized spacial score (nSPS) is 16.6. The Morgan fingerprint density at radius 2 is 0.846 bits per heavy atom. The van der Waals surface area contributed by atoms with Crippen LogP contribution in [0.5, 0.6) is 0 Å².